The van der Waals surface area contributed by atoms with Crippen LogP contribution in [0.25, 0.3) is 21.8 Å². The first-order valence-electron chi connectivity index (χ1n) is 14.0. The van der Waals surface area contributed by atoms with Crippen LogP contribution in [0.4, 0.5) is 24.5 Å². The van der Waals surface area contributed by atoms with E-state index in [1.165, 1.54) is 12.4 Å². The number of nitrogens with one attached hydrogen (secondary N) is 2. The standard InChI is InChI=1S/C31H29F3N10/c1-29(2,3)17-38-27-19(13-36)14-37-26-18(12-35)10-20(11-22(26)27)39-28(21-6-5-7-24-23(21)15-43(4)41-24)25-16-44(42-40-25)30(8-9-30)31(32,33)34/h5-7,10-11,14-16,28,39H,8-9,17H2,1-4H3,(H,37,38)/t28-/m0/s1. The van der Waals surface area contributed by atoms with Crippen molar-refractivity contribution in [3.8, 4) is 12.1 Å². The molecule has 224 valence electrons. The Morgan fingerprint density at radius 3 is 2.45 bits per heavy atom. The molecule has 5 aromatic rings. The number of anilines is 2. The van der Waals surface area contributed by atoms with Crippen LogP contribution in [0.1, 0.15) is 62.0 Å². The van der Waals surface area contributed by atoms with Gasteiger partial charge in [0, 0.05) is 42.4 Å². The lowest BCUT2D eigenvalue weighted by molar-refractivity contribution is -0.182. The molecule has 6 rings (SSSR count). The molecule has 1 fully saturated rings. The van der Waals surface area contributed by atoms with Gasteiger partial charge in [0.05, 0.1) is 40.1 Å². The van der Waals surface area contributed by atoms with Crippen molar-refractivity contribution in [1.29, 1.82) is 10.5 Å². The van der Waals surface area contributed by atoms with Crippen LogP contribution in [-0.4, -0.2) is 42.5 Å². The summed E-state index contributed by atoms with van der Waals surface area (Å²) in [7, 11) is 1.79. The summed E-state index contributed by atoms with van der Waals surface area (Å²) in [5.41, 5.74) is 1.56. The maximum Gasteiger partial charge on any atom is 0.413 e. The molecule has 1 aliphatic rings. The zero-order chi connectivity index (χ0) is 31.4. The van der Waals surface area contributed by atoms with Crippen LogP contribution in [0.3, 0.4) is 0 Å². The van der Waals surface area contributed by atoms with Crippen LogP contribution in [-0.2, 0) is 12.6 Å². The number of fused-ring (bicyclic) bond motifs is 2. The number of nitriles is 2. The van der Waals surface area contributed by atoms with Gasteiger partial charge in [-0.05, 0) is 42.0 Å². The van der Waals surface area contributed by atoms with E-state index in [1.807, 2.05) is 24.4 Å². The molecule has 10 nitrogen and oxygen atoms in total. The zero-order valence-corrected chi connectivity index (χ0v) is 24.5. The van der Waals surface area contributed by atoms with Crippen LogP contribution < -0.4 is 10.6 Å². The molecule has 0 amide bonds. The molecule has 44 heavy (non-hydrogen) atoms. The first kappa shape index (κ1) is 28.9. The third kappa shape index (κ3) is 5.04. The second-order valence-electron chi connectivity index (χ2n) is 12.4. The van der Waals surface area contributed by atoms with E-state index in [1.54, 1.807) is 23.9 Å². The lowest BCUT2D eigenvalue weighted by Gasteiger charge is -2.23. The van der Waals surface area contributed by atoms with Crippen LogP contribution in [0.15, 0.2) is 48.9 Å². The molecular formula is C31H29F3N10. The molecule has 1 atom stereocenters. The second-order valence-corrected chi connectivity index (χ2v) is 12.4. The molecule has 0 bridgehead atoms. The van der Waals surface area contributed by atoms with Gasteiger partial charge in [0.15, 0.2) is 5.54 Å². The first-order valence-corrected chi connectivity index (χ1v) is 14.0. The number of hydrogen-bond donors (Lipinski definition) is 2. The Kier molecular flexibility index (Phi) is 6.72. The lowest BCUT2D eigenvalue weighted by atomic mass is 9.96. The summed E-state index contributed by atoms with van der Waals surface area (Å²) in [6.45, 7) is 6.73. The van der Waals surface area contributed by atoms with Gasteiger partial charge in [-0.1, -0.05) is 38.1 Å². The molecule has 2 aromatic carbocycles. The topological polar surface area (TPSA) is 133 Å². The van der Waals surface area contributed by atoms with Crippen LogP contribution in [0, 0.1) is 28.1 Å². The zero-order valence-electron chi connectivity index (χ0n) is 24.5. The molecule has 0 radical (unpaired) electrons. The maximum absolute atomic E-state index is 14.0. The SMILES string of the molecule is Cn1cc2c([C@H](Nc3cc(C#N)c4ncc(C#N)c(NCC(C)(C)C)c4c3)c3cn(C4(C(F)(F)F)CC4)nn3)cccc2n1. The summed E-state index contributed by atoms with van der Waals surface area (Å²) in [5.74, 6) is 0. The minimum atomic E-state index is -4.47. The van der Waals surface area contributed by atoms with E-state index >= 15 is 0 Å². The van der Waals surface area contributed by atoms with Crippen molar-refractivity contribution in [2.24, 2.45) is 12.5 Å². The molecule has 2 N–H and O–H groups in total. The Hall–Kier alpha value is -5.17. The summed E-state index contributed by atoms with van der Waals surface area (Å²) in [4.78, 5) is 4.41. The Balaban J connectivity index is 1.51. The van der Waals surface area contributed by atoms with E-state index < -0.39 is 17.8 Å². The van der Waals surface area contributed by atoms with E-state index in [0.29, 0.717) is 45.5 Å². The van der Waals surface area contributed by atoms with Gasteiger partial charge in [-0.3, -0.25) is 9.67 Å². The summed E-state index contributed by atoms with van der Waals surface area (Å²) in [6, 6.07) is 12.6. The highest BCUT2D eigenvalue weighted by atomic mass is 19.4. The van der Waals surface area contributed by atoms with Crippen molar-refractivity contribution in [3.05, 3.63) is 71.3 Å². The molecule has 3 heterocycles. The fourth-order valence-electron chi connectivity index (χ4n) is 5.39. The average Bonchev–Trinajstić information content (AvgIpc) is 3.49. The number of nitrogens with zero attached hydrogens (tertiary/aromatic N) is 8. The van der Waals surface area contributed by atoms with Crippen molar-refractivity contribution < 1.29 is 13.2 Å². The minimum Gasteiger partial charge on any atom is -0.383 e. The van der Waals surface area contributed by atoms with Crippen molar-refractivity contribution in [1.82, 2.24) is 29.8 Å². The van der Waals surface area contributed by atoms with Gasteiger partial charge in [0.2, 0.25) is 0 Å². The number of aryl methyl sites for hydroxylation is 1. The Labute approximate surface area is 251 Å². The number of pyridine rings is 1. The third-order valence-corrected chi connectivity index (χ3v) is 7.82. The normalized spacial score (nSPS) is 15.1. The van der Waals surface area contributed by atoms with Gasteiger partial charge < -0.3 is 10.6 Å². The van der Waals surface area contributed by atoms with Crippen molar-refractivity contribution >= 4 is 33.2 Å². The molecule has 0 unspecified atom stereocenters. The molecule has 0 aliphatic heterocycles. The third-order valence-electron chi connectivity index (χ3n) is 7.82. The van der Waals surface area contributed by atoms with Gasteiger partial charge >= 0.3 is 6.18 Å². The Morgan fingerprint density at radius 2 is 1.80 bits per heavy atom. The highest BCUT2D eigenvalue weighted by Gasteiger charge is 2.66. The van der Waals surface area contributed by atoms with Crippen LogP contribution in [0.2, 0.25) is 0 Å². The predicted octanol–water partition coefficient (Wildman–Crippen LogP) is 6.17. The minimum absolute atomic E-state index is 0.0651. The summed E-state index contributed by atoms with van der Waals surface area (Å²) < 4.78 is 44.5. The molecule has 1 saturated carbocycles. The van der Waals surface area contributed by atoms with E-state index in [4.69, 9.17) is 0 Å². The fraction of sp³-hybridized carbons (Fsp3) is 0.355. The van der Waals surface area contributed by atoms with Gasteiger partial charge in [0.1, 0.15) is 17.8 Å². The van der Waals surface area contributed by atoms with Crippen molar-refractivity contribution in [2.75, 3.05) is 17.2 Å². The van der Waals surface area contributed by atoms with Gasteiger partial charge in [-0.15, -0.1) is 5.10 Å². The number of rotatable bonds is 7. The average molecular weight is 599 g/mol. The quantitative estimate of drug-likeness (QED) is 0.227. The van der Waals surface area contributed by atoms with Crippen molar-refractivity contribution in [2.45, 2.75) is 51.4 Å². The number of benzene rings is 2. The molecule has 1 aliphatic carbocycles. The number of aromatic nitrogens is 6. The van der Waals surface area contributed by atoms with Gasteiger partial charge in [0.25, 0.3) is 0 Å². The Morgan fingerprint density at radius 1 is 1.05 bits per heavy atom. The molecule has 0 spiro atoms. The van der Waals surface area contributed by atoms with Crippen LogP contribution in [0.5, 0.6) is 0 Å². The molecule has 3 aromatic heterocycles. The first-order chi connectivity index (χ1) is 20.8. The predicted molar refractivity (Wildman–Crippen MR) is 159 cm³/mol. The summed E-state index contributed by atoms with van der Waals surface area (Å²) >= 11 is 0. The van der Waals surface area contributed by atoms with Gasteiger partial charge in [-0.2, -0.15) is 28.8 Å². The lowest BCUT2D eigenvalue weighted by Crippen LogP contribution is -2.35. The van der Waals surface area contributed by atoms with E-state index in [0.717, 1.165) is 10.1 Å². The highest BCUT2D eigenvalue weighted by molar-refractivity contribution is 5.99. The van der Waals surface area contributed by atoms with Crippen molar-refractivity contribution in [3.63, 3.8) is 0 Å². The Bertz CT molecular complexity index is 1980. The number of halogens is 3. The maximum atomic E-state index is 14.0. The van der Waals surface area contributed by atoms with Gasteiger partial charge in [-0.25, -0.2) is 4.68 Å². The highest BCUT2D eigenvalue weighted by Crippen LogP contribution is 2.55. The van der Waals surface area contributed by atoms with E-state index in [9.17, 15) is 23.7 Å². The van der Waals surface area contributed by atoms with E-state index in [-0.39, 0.29) is 29.5 Å². The second kappa shape index (κ2) is 10.2. The largest absolute Gasteiger partial charge is 0.413 e. The molecular weight excluding hydrogens is 569 g/mol. The summed E-state index contributed by atoms with van der Waals surface area (Å²) in [5, 5.41) is 40.7. The summed E-state index contributed by atoms with van der Waals surface area (Å²) in [6.07, 6.45) is 0.0205. The van der Waals surface area contributed by atoms with Crippen LogP contribution >= 0.6 is 0 Å². The molecule has 13 heteroatoms. The van der Waals surface area contributed by atoms with E-state index in [2.05, 4.69) is 63.9 Å². The fourth-order valence-corrected chi connectivity index (χ4v) is 5.39. The molecule has 0 saturated heterocycles. The monoisotopic (exact) mass is 598 g/mol. The number of hydrogen-bond acceptors (Lipinski definition) is 8. The smallest absolute Gasteiger partial charge is 0.383 e. The number of alkyl halides is 3.